The molecule has 5 rings (SSSR count). The summed E-state index contributed by atoms with van der Waals surface area (Å²) in [7, 11) is 0. The molecule has 8 N–H and O–H groups in total. The Balaban J connectivity index is 1.65. The molecule has 0 radical (unpaired) electrons. The van der Waals surface area contributed by atoms with Crippen molar-refractivity contribution in [2.24, 2.45) is 0 Å². The van der Waals surface area contributed by atoms with Crippen molar-refractivity contribution in [2.45, 2.75) is 75.3 Å². The highest BCUT2D eigenvalue weighted by molar-refractivity contribution is 5.88. The summed E-state index contributed by atoms with van der Waals surface area (Å²) < 4.78 is 28.4. The third-order valence-corrected chi connectivity index (χ3v) is 7.13. The molecule has 0 amide bonds. The summed E-state index contributed by atoms with van der Waals surface area (Å²) in [6.45, 7) is 2.86. The SMILES string of the molecule is C[C@H]1OC(Oc2c(-c3ccc(O)cc3)oc3cc(O)cc(OC4O[C@H](C)[C@@H](O)[C@H](O)[C@@H]4O)c3c2=O)[C@@H](O)[C@@H](O)[C@@H]1O. The van der Waals surface area contributed by atoms with Crippen molar-refractivity contribution < 1.29 is 64.2 Å². The summed E-state index contributed by atoms with van der Waals surface area (Å²) in [4.78, 5) is 14.0. The van der Waals surface area contributed by atoms with Crippen LogP contribution in [0.1, 0.15) is 13.8 Å². The van der Waals surface area contributed by atoms with E-state index in [1.807, 2.05) is 0 Å². The fraction of sp³-hybridized carbons (Fsp3) is 0.444. The number of fused-ring (bicyclic) bond motifs is 1. The fourth-order valence-electron chi connectivity index (χ4n) is 4.72. The minimum Gasteiger partial charge on any atom is -0.508 e. The van der Waals surface area contributed by atoms with Gasteiger partial charge < -0.3 is 64.2 Å². The predicted molar refractivity (Wildman–Crippen MR) is 137 cm³/mol. The van der Waals surface area contributed by atoms with Crippen LogP contribution in [0.15, 0.2) is 45.6 Å². The van der Waals surface area contributed by atoms with Crippen molar-refractivity contribution in [1.29, 1.82) is 0 Å². The number of ether oxygens (including phenoxy) is 4. The maximum absolute atomic E-state index is 14.0. The quantitative estimate of drug-likeness (QED) is 0.187. The van der Waals surface area contributed by atoms with Gasteiger partial charge in [0.2, 0.25) is 23.8 Å². The Hall–Kier alpha value is -3.47. The van der Waals surface area contributed by atoms with Gasteiger partial charge in [0, 0.05) is 17.7 Å². The zero-order valence-electron chi connectivity index (χ0n) is 21.8. The van der Waals surface area contributed by atoms with Crippen LogP contribution in [-0.2, 0) is 9.47 Å². The van der Waals surface area contributed by atoms with E-state index in [1.165, 1.54) is 38.1 Å². The lowest BCUT2D eigenvalue weighted by atomic mass is 10.00. The molecule has 10 atom stereocenters. The van der Waals surface area contributed by atoms with Crippen molar-refractivity contribution in [3.8, 4) is 34.3 Å². The average Bonchev–Trinajstić information content (AvgIpc) is 2.93. The van der Waals surface area contributed by atoms with Gasteiger partial charge in [0.05, 0.1) is 12.2 Å². The summed E-state index contributed by atoms with van der Waals surface area (Å²) in [5.74, 6) is -1.56. The fourth-order valence-corrected chi connectivity index (χ4v) is 4.72. The molecule has 0 bridgehead atoms. The normalized spacial score (nSPS) is 34.0. The number of rotatable bonds is 5. The smallest absolute Gasteiger partial charge is 0.239 e. The summed E-state index contributed by atoms with van der Waals surface area (Å²) in [5, 5.41) is 81.2. The minimum atomic E-state index is -1.78. The number of benzene rings is 2. The highest BCUT2D eigenvalue weighted by atomic mass is 16.7. The number of phenolic OH excluding ortho intramolecular Hbond substituents is 2. The molecule has 14 nitrogen and oxygen atoms in total. The third-order valence-electron chi connectivity index (χ3n) is 7.13. The van der Waals surface area contributed by atoms with Gasteiger partial charge in [-0.1, -0.05) is 0 Å². The van der Waals surface area contributed by atoms with Crippen LogP contribution in [0.25, 0.3) is 22.3 Å². The first-order chi connectivity index (χ1) is 19.4. The summed E-state index contributed by atoms with van der Waals surface area (Å²) in [6.07, 6.45) is -14.8. The van der Waals surface area contributed by atoms with E-state index in [0.717, 1.165) is 12.1 Å². The number of aromatic hydroxyl groups is 2. The van der Waals surface area contributed by atoms with Gasteiger partial charge in [-0.05, 0) is 38.1 Å². The average molecular weight is 579 g/mol. The van der Waals surface area contributed by atoms with Crippen LogP contribution >= 0.6 is 0 Å². The lowest BCUT2D eigenvalue weighted by Crippen LogP contribution is -2.58. The maximum Gasteiger partial charge on any atom is 0.239 e. The second-order valence-corrected chi connectivity index (χ2v) is 10.1. The van der Waals surface area contributed by atoms with Crippen molar-refractivity contribution in [3.05, 3.63) is 46.6 Å². The van der Waals surface area contributed by atoms with Crippen LogP contribution in [0.5, 0.6) is 23.0 Å². The number of phenols is 2. The van der Waals surface area contributed by atoms with E-state index in [-0.39, 0.29) is 33.8 Å². The lowest BCUT2D eigenvalue weighted by Gasteiger charge is -2.39. The monoisotopic (exact) mass is 578 g/mol. The molecule has 3 heterocycles. The number of aliphatic hydroxyl groups excluding tert-OH is 6. The molecule has 41 heavy (non-hydrogen) atoms. The number of aliphatic hydroxyl groups is 6. The molecule has 2 aliphatic rings. The molecular weight excluding hydrogens is 548 g/mol. The van der Waals surface area contributed by atoms with Crippen LogP contribution in [0.2, 0.25) is 0 Å². The molecule has 0 spiro atoms. The second-order valence-electron chi connectivity index (χ2n) is 10.1. The van der Waals surface area contributed by atoms with Crippen molar-refractivity contribution >= 4 is 11.0 Å². The molecule has 2 unspecified atom stereocenters. The van der Waals surface area contributed by atoms with E-state index in [2.05, 4.69) is 0 Å². The van der Waals surface area contributed by atoms with Gasteiger partial charge in [0.25, 0.3) is 0 Å². The molecule has 2 saturated heterocycles. The van der Waals surface area contributed by atoms with Gasteiger partial charge in [0.15, 0.2) is 5.76 Å². The number of hydrogen-bond donors (Lipinski definition) is 8. The molecule has 2 fully saturated rings. The molecule has 0 aliphatic carbocycles. The summed E-state index contributed by atoms with van der Waals surface area (Å²) >= 11 is 0. The molecule has 222 valence electrons. The third kappa shape index (κ3) is 5.31. The Bertz CT molecular complexity index is 1460. The molecule has 0 saturated carbocycles. The van der Waals surface area contributed by atoms with Crippen molar-refractivity contribution in [3.63, 3.8) is 0 Å². The van der Waals surface area contributed by atoms with Crippen molar-refractivity contribution in [2.75, 3.05) is 0 Å². The van der Waals surface area contributed by atoms with Crippen LogP contribution in [-0.4, -0.2) is 102 Å². The molecule has 3 aromatic rings. The van der Waals surface area contributed by atoms with Gasteiger partial charge in [-0.2, -0.15) is 0 Å². The van der Waals surface area contributed by atoms with E-state index in [1.54, 1.807) is 0 Å². The topological polar surface area (TPSA) is 229 Å². The van der Waals surface area contributed by atoms with Gasteiger partial charge in [-0.3, -0.25) is 4.79 Å². The molecular formula is C27H30O14. The maximum atomic E-state index is 14.0. The van der Waals surface area contributed by atoms with E-state index in [9.17, 15) is 45.6 Å². The Kier molecular flexibility index (Phi) is 7.84. The highest BCUT2D eigenvalue weighted by Gasteiger charge is 2.45. The number of hydrogen-bond acceptors (Lipinski definition) is 14. The Labute approximate surface area is 231 Å². The first-order valence-corrected chi connectivity index (χ1v) is 12.7. The molecule has 14 heteroatoms. The zero-order valence-corrected chi connectivity index (χ0v) is 21.8. The lowest BCUT2D eigenvalue weighted by molar-refractivity contribution is -0.268. The van der Waals surface area contributed by atoms with Gasteiger partial charge in [-0.25, -0.2) is 0 Å². The zero-order chi connectivity index (χ0) is 29.7. The van der Waals surface area contributed by atoms with E-state index < -0.39 is 78.3 Å². The van der Waals surface area contributed by atoms with Gasteiger partial charge in [0.1, 0.15) is 64.8 Å². The highest BCUT2D eigenvalue weighted by Crippen LogP contribution is 2.39. The predicted octanol–water partition coefficient (Wildman–Crippen LogP) is -0.716. The Morgan fingerprint density at radius 2 is 1.22 bits per heavy atom. The molecule has 2 aromatic carbocycles. The first-order valence-electron chi connectivity index (χ1n) is 12.7. The molecule has 1 aromatic heterocycles. The van der Waals surface area contributed by atoms with E-state index >= 15 is 0 Å². The van der Waals surface area contributed by atoms with Gasteiger partial charge >= 0.3 is 0 Å². The largest absolute Gasteiger partial charge is 0.508 e. The van der Waals surface area contributed by atoms with Crippen LogP contribution in [0, 0.1) is 0 Å². The van der Waals surface area contributed by atoms with Crippen LogP contribution in [0.3, 0.4) is 0 Å². The standard InChI is InChI=1S/C27H30O14/c1-9-17(30)20(33)22(35)26(37-9)40-15-8-13(29)7-14-16(15)19(32)25(24(39-14)11-3-5-12(28)6-4-11)41-27-23(36)21(34)18(31)10(2)38-27/h3-10,17-18,20-23,26-31,33-36H,1-2H3/t9-,10-,17-,18-,20+,21+,22+,23+,26?,27?/m1/s1. The summed E-state index contributed by atoms with van der Waals surface area (Å²) in [6, 6.07) is 7.60. The summed E-state index contributed by atoms with van der Waals surface area (Å²) in [5.41, 5.74) is -0.862. The van der Waals surface area contributed by atoms with Gasteiger partial charge in [-0.15, -0.1) is 0 Å². The van der Waals surface area contributed by atoms with Crippen LogP contribution < -0.4 is 14.9 Å². The van der Waals surface area contributed by atoms with Crippen molar-refractivity contribution in [1.82, 2.24) is 0 Å². The minimum absolute atomic E-state index is 0.0859. The molecule has 2 aliphatic heterocycles. The Morgan fingerprint density at radius 3 is 1.78 bits per heavy atom. The van der Waals surface area contributed by atoms with E-state index in [0.29, 0.717) is 0 Å². The second kappa shape index (κ2) is 11.1. The Morgan fingerprint density at radius 1 is 0.683 bits per heavy atom. The van der Waals surface area contributed by atoms with E-state index in [4.69, 9.17) is 23.4 Å². The van der Waals surface area contributed by atoms with Crippen LogP contribution in [0.4, 0.5) is 0 Å². The first kappa shape index (κ1) is 29.0.